The number of aromatic nitrogens is 3. The predicted molar refractivity (Wildman–Crippen MR) is 94.1 cm³/mol. The summed E-state index contributed by atoms with van der Waals surface area (Å²) in [5.74, 6) is -0.182. The van der Waals surface area contributed by atoms with Crippen molar-refractivity contribution in [3.05, 3.63) is 30.1 Å². The number of benzene rings is 1. The summed E-state index contributed by atoms with van der Waals surface area (Å²) in [6.45, 7) is 5.44. The van der Waals surface area contributed by atoms with E-state index in [4.69, 9.17) is 0 Å². The molecule has 132 valence electrons. The van der Waals surface area contributed by atoms with Gasteiger partial charge in [0.25, 0.3) is 0 Å². The fraction of sp³-hybridized carbons (Fsp3) is 0.412. The summed E-state index contributed by atoms with van der Waals surface area (Å²) in [6, 6.07) is 8.45. The van der Waals surface area contributed by atoms with Crippen molar-refractivity contribution in [2.75, 3.05) is 5.75 Å². The maximum Gasteiger partial charge on any atom is 0.231 e. The molecule has 6 nitrogen and oxygen atoms in total. The van der Waals surface area contributed by atoms with Gasteiger partial charge < -0.3 is 9.88 Å². The van der Waals surface area contributed by atoms with E-state index in [1.807, 2.05) is 13.8 Å². The highest BCUT2D eigenvalue weighted by atomic mass is 32.2. The van der Waals surface area contributed by atoms with Crippen LogP contribution in [-0.2, 0) is 11.8 Å². The molecule has 1 atom stereocenters. The summed E-state index contributed by atoms with van der Waals surface area (Å²) in [5.41, 5.74) is -0.568. The fourth-order valence-electron chi connectivity index (χ4n) is 2.07. The number of nitrogens with zero attached hydrogens (tertiary/aromatic N) is 4. The molecule has 0 saturated carbocycles. The van der Waals surface area contributed by atoms with Crippen LogP contribution in [0.4, 0.5) is 4.39 Å². The summed E-state index contributed by atoms with van der Waals surface area (Å²) in [5, 5.41) is 20.5. The first kappa shape index (κ1) is 18.9. The van der Waals surface area contributed by atoms with Crippen LogP contribution in [0.5, 0.6) is 0 Å². The number of halogens is 1. The first-order chi connectivity index (χ1) is 11.8. The minimum absolute atomic E-state index is 0.0195. The van der Waals surface area contributed by atoms with Crippen molar-refractivity contribution in [2.45, 2.75) is 31.5 Å². The van der Waals surface area contributed by atoms with Crippen LogP contribution in [0.25, 0.3) is 11.4 Å². The van der Waals surface area contributed by atoms with Gasteiger partial charge in [0.2, 0.25) is 5.91 Å². The molecule has 0 unspecified atom stereocenters. The van der Waals surface area contributed by atoms with Gasteiger partial charge in [-0.05, 0) is 25.0 Å². The topological polar surface area (TPSA) is 83.6 Å². The smallest absolute Gasteiger partial charge is 0.231 e. The molecule has 0 fully saturated rings. The van der Waals surface area contributed by atoms with E-state index in [1.165, 1.54) is 17.8 Å². The Kier molecular flexibility index (Phi) is 5.80. The molecular formula is C17H20FN5OS. The lowest BCUT2D eigenvalue weighted by Crippen LogP contribution is -2.49. The lowest BCUT2D eigenvalue weighted by Gasteiger charge is -2.27. The zero-order chi connectivity index (χ0) is 18.6. The third-order valence-electron chi connectivity index (χ3n) is 4.07. The predicted octanol–water partition coefficient (Wildman–Crippen LogP) is 2.77. The van der Waals surface area contributed by atoms with E-state index < -0.39 is 5.54 Å². The summed E-state index contributed by atoms with van der Waals surface area (Å²) in [7, 11) is 1.72. The van der Waals surface area contributed by atoms with Crippen LogP contribution in [0.1, 0.15) is 20.8 Å². The van der Waals surface area contributed by atoms with Gasteiger partial charge in [-0.3, -0.25) is 4.79 Å². The van der Waals surface area contributed by atoms with Gasteiger partial charge in [0.05, 0.1) is 17.4 Å². The molecule has 0 radical (unpaired) electrons. The highest BCUT2D eigenvalue weighted by Gasteiger charge is 2.30. The van der Waals surface area contributed by atoms with Crippen molar-refractivity contribution < 1.29 is 9.18 Å². The van der Waals surface area contributed by atoms with Crippen LogP contribution in [0.15, 0.2) is 29.4 Å². The molecule has 0 saturated heterocycles. The fourth-order valence-corrected chi connectivity index (χ4v) is 2.79. The van der Waals surface area contributed by atoms with Crippen molar-refractivity contribution in [3.8, 4) is 17.5 Å². The molecule has 0 bridgehead atoms. The second kappa shape index (κ2) is 7.66. The largest absolute Gasteiger partial charge is 0.337 e. The third-order valence-corrected chi connectivity index (χ3v) is 5.09. The lowest BCUT2D eigenvalue weighted by atomic mass is 9.90. The molecule has 0 spiro atoms. The van der Waals surface area contributed by atoms with Crippen LogP contribution >= 0.6 is 11.8 Å². The molecule has 1 N–H and O–H groups in total. The number of thioether (sulfide) groups is 1. The molecule has 0 aliphatic carbocycles. The molecule has 1 aromatic carbocycles. The molecule has 1 heterocycles. The first-order valence-electron chi connectivity index (χ1n) is 7.78. The zero-order valence-electron chi connectivity index (χ0n) is 14.6. The maximum atomic E-state index is 13.9. The van der Waals surface area contributed by atoms with Gasteiger partial charge >= 0.3 is 0 Å². The number of carbonyl (C=O) groups is 1. The van der Waals surface area contributed by atoms with Crippen molar-refractivity contribution in [2.24, 2.45) is 13.0 Å². The van der Waals surface area contributed by atoms with Gasteiger partial charge in [-0.15, -0.1) is 10.2 Å². The van der Waals surface area contributed by atoms with Gasteiger partial charge in [0, 0.05) is 7.05 Å². The molecule has 2 rings (SSSR count). The number of hydrogen-bond donors (Lipinski definition) is 1. The number of rotatable bonds is 6. The molecular weight excluding hydrogens is 341 g/mol. The Hall–Kier alpha value is -2.40. The minimum Gasteiger partial charge on any atom is -0.337 e. The van der Waals surface area contributed by atoms with Crippen LogP contribution in [0, 0.1) is 23.1 Å². The molecule has 0 aliphatic heterocycles. The Labute approximate surface area is 150 Å². The summed E-state index contributed by atoms with van der Waals surface area (Å²) < 4.78 is 15.5. The quantitative estimate of drug-likeness (QED) is 0.800. The number of carbonyl (C=O) groups excluding carboxylic acids is 1. The highest BCUT2D eigenvalue weighted by Crippen LogP contribution is 2.24. The summed E-state index contributed by atoms with van der Waals surface area (Å²) in [4.78, 5) is 12.1. The van der Waals surface area contributed by atoms with E-state index in [0.29, 0.717) is 16.5 Å². The van der Waals surface area contributed by atoms with Gasteiger partial charge in [-0.1, -0.05) is 37.7 Å². The number of hydrogen-bond acceptors (Lipinski definition) is 5. The summed E-state index contributed by atoms with van der Waals surface area (Å²) in [6.07, 6.45) is 0. The zero-order valence-corrected chi connectivity index (χ0v) is 15.4. The second-order valence-electron chi connectivity index (χ2n) is 6.15. The Morgan fingerprint density at radius 2 is 2.12 bits per heavy atom. The van der Waals surface area contributed by atoms with Crippen molar-refractivity contribution in [3.63, 3.8) is 0 Å². The minimum atomic E-state index is -0.921. The third kappa shape index (κ3) is 4.17. The van der Waals surface area contributed by atoms with Gasteiger partial charge in [-0.2, -0.15) is 5.26 Å². The lowest BCUT2D eigenvalue weighted by molar-refractivity contribution is -0.120. The van der Waals surface area contributed by atoms with Crippen LogP contribution in [-0.4, -0.2) is 32.0 Å². The van der Waals surface area contributed by atoms with Crippen LogP contribution in [0.2, 0.25) is 0 Å². The Balaban J connectivity index is 2.07. The second-order valence-corrected chi connectivity index (χ2v) is 7.09. The van der Waals surface area contributed by atoms with Gasteiger partial charge in [-0.25, -0.2) is 4.39 Å². The molecule has 25 heavy (non-hydrogen) atoms. The van der Waals surface area contributed by atoms with Crippen LogP contribution in [0.3, 0.4) is 0 Å². The van der Waals surface area contributed by atoms with Gasteiger partial charge in [0.15, 0.2) is 11.0 Å². The molecule has 2 aromatic rings. The Morgan fingerprint density at radius 1 is 1.44 bits per heavy atom. The van der Waals surface area contributed by atoms with E-state index >= 15 is 0 Å². The van der Waals surface area contributed by atoms with E-state index in [0.717, 1.165) is 0 Å². The molecule has 0 aliphatic rings. The monoisotopic (exact) mass is 361 g/mol. The average Bonchev–Trinajstić information content (AvgIpc) is 2.94. The average molecular weight is 361 g/mol. The first-order valence-corrected chi connectivity index (χ1v) is 8.76. The number of nitriles is 1. The Morgan fingerprint density at radius 3 is 2.72 bits per heavy atom. The van der Waals surface area contributed by atoms with E-state index in [1.54, 1.807) is 36.7 Å². The molecule has 8 heteroatoms. The Bertz CT molecular complexity index is 814. The molecule has 1 aromatic heterocycles. The normalized spacial score (nSPS) is 13.3. The van der Waals surface area contributed by atoms with Crippen molar-refractivity contribution in [1.29, 1.82) is 5.26 Å². The van der Waals surface area contributed by atoms with Crippen molar-refractivity contribution in [1.82, 2.24) is 20.1 Å². The van der Waals surface area contributed by atoms with Gasteiger partial charge in [0.1, 0.15) is 11.4 Å². The SMILES string of the molecule is CC(C)[C@@](C)(C#N)NC(=O)CSc1nnc(-c2ccccc2F)n1C. The van der Waals surface area contributed by atoms with E-state index in [-0.39, 0.29) is 23.4 Å². The number of amides is 1. The molecule has 1 amide bonds. The van der Waals surface area contributed by atoms with Crippen molar-refractivity contribution >= 4 is 17.7 Å². The summed E-state index contributed by atoms with van der Waals surface area (Å²) >= 11 is 1.18. The highest BCUT2D eigenvalue weighted by molar-refractivity contribution is 7.99. The van der Waals surface area contributed by atoms with E-state index in [9.17, 15) is 14.4 Å². The standard InChI is InChI=1S/C17H20FN5OS/c1-11(2)17(3,10-19)20-14(24)9-25-16-22-21-15(23(16)4)12-7-5-6-8-13(12)18/h5-8,11H,9H2,1-4H3,(H,20,24)/t17-/m1/s1. The van der Waals surface area contributed by atoms with Crippen LogP contribution < -0.4 is 5.32 Å². The number of nitrogens with one attached hydrogen (secondary N) is 1. The maximum absolute atomic E-state index is 13.9. The van der Waals surface area contributed by atoms with E-state index in [2.05, 4.69) is 21.6 Å².